The molecule has 200 valence electrons. The highest BCUT2D eigenvalue weighted by Gasteiger charge is 2.15. The molecule has 1 amide bonds. The number of morpholine rings is 1. The van der Waals surface area contributed by atoms with E-state index in [1.54, 1.807) is 19.0 Å². The standard InChI is InChI=1S/C30H32N4O3.H2O.H2/c1-20-18-24(12-13-25(20)29(35)33(3)4)31-30-32-27-7-5-6-26(28(27)37-30)23-10-8-22(9-11-23)19-21(2)34-14-16-36-17-15-34;;/h5-13,18H,2,14-17,19H2,1,3-4H3,(H,31,32);1H2;1H. The first-order chi connectivity index (χ1) is 17.9. The lowest BCUT2D eigenvalue weighted by molar-refractivity contribution is 0.0529. The van der Waals surface area contributed by atoms with E-state index in [-0.39, 0.29) is 12.8 Å². The van der Waals surface area contributed by atoms with Crippen LogP contribution >= 0.6 is 0 Å². The Labute approximate surface area is 224 Å². The van der Waals surface area contributed by atoms with Gasteiger partial charge in [0.2, 0.25) is 0 Å². The highest BCUT2D eigenvalue weighted by Crippen LogP contribution is 2.32. The summed E-state index contributed by atoms with van der Waals surface area (Å²) in [5.41, 5.74) is 8.27. The zero-order valence-corrected chi connectivity index (χ0v) is 22.1. The van der Waals surface area contributed by atoms with Gasteiger partial charge in [-0.1, -0.05) is 43.0 Å². The number of aromatic nitrogens is 1. The molecule has 0 radical (unpaired) electrons. The highest BCUT2D eigenvalue weighted by molar-refractivity contribution is 5.96. The third-order valence-electron chi connectivity index (χ3n) is 6.66. The second-order valence-corrected chi connectivity index (χ2v) is 9.57. The molecule has 1 saturated heterocycles. The molecule has 1 aliphatic heterocycles. The van der Waals surface area contributed by atoms with E-state index in [2.05, 4.69) is 46.0 Å². The summed E-state index contributed by atoms with van der Waals surface area (Å²) in [6, 6.07) is 20.5. The van der Waals surface area contributed by atoms with E-state index in [1.807, 2.05) is 43.3 Å². The number of para-hydroxylation sites is 1. The van der Waals surface area contributed by atoms with E-state index in [1.165, 1.54) is 5.56 Å². The van der Waals surface area contributed by atoms with Gasteiger partial charge in [-0.05, 0) is 47.9 Å². The Bertz CT molecular complexity index is 1440. The number of allylic oxidation sites excluding steroid dienone is 1. The molecule has 8 nitrogen and oxygen atoms in total. The van der Waals surface area contributed by atoms with Gasteiger partial charge in [-0.25, -0.2) is 0 Å². The van der Waals surface area contributed by atoms with E-state index in [0.29, 0.717) is 11.6 Å². The van der Waals surface area contributed by atoms with Crippen molar-refractivity contribution in [3.8, 4) is 11.1 Å². The van der Waals surface area contributed by atoms with E-state index >= 15 is 0 Å². The van der Waals surface area contributed by atoms with Crippen molar-refractivity contribution in [2.45, 2.75) is 13.3 Å². The number of anilines is 2. The van der Waals surface area contributed by atoms with E-state index in [9.17, 15) is 4.79 Å². The number of hydrogen-bond donors (Lipinski definition) is 1. The number of fused-ring (bicyclic) bond motifs is 1. The van der Waals surface area contributed by atoms with Crippen LogP contribution < -0.4 is 5.32 Å². The van der Waals surface area contributed by atoms with Crippen LogP contribution in [-0.2, 0) is 11.2 Å². The molecule has 38 heavy (non-hydrogen) atoms. The molecule has 3 aromatic carbocycles. The topological polar surface area (TPSA) is 102 Å². The van der Waals surface area contributed by atoms with Gasteiger partial charge in [-0.3, -0.25) is 4.79 Å². The molecule has 1 fully saturated rings. The molecule has 0 aliphatic carbocycles. The fraction of sp³-hybridized carbons (Fsp3) is 0.267. The number of nitrogens with zero attached hydrogens (tertiary/aromatic N) is 3. The van der Waals surface area contributed by atoms with Crippen molar-refractivity contribution in [2.24, 2.45) is 0 Å². The van der Waals surface area contributed by atoms with Crippen molar-refractivity contribution >= 4 is 28.7 Å². The Morgan fingerprint density at radius 3 is 2.53 bits per heavy atom. The number of ether oxygens (including phenoxy) is 1. The molecule has 0 unspecified atom stereocenters. The van der Waals surface area contributed by atoms with Crippen molar-refractivity contribution in [3.63, 3.8) is 0 Å². The summed E-state index contributed by atoms with van der Waals surface area (Å²) in [6.45, 7) is 9.53. The summed E-state index contributed by atoms with van der Waals surface area (Å²) in [7, 11) is 3.50. The maximum Gasteiger partial charge on any atom is 0.300 e. The van der Waals surface area contributed by atoms with E-state index in [0.717, 1.165) is 71.9 Å². The molecular weight excluding hydrogens is 480 g/mol. The summed E-state index contributed by atoms with van der Waals surface area (Å²) < 4.78 is 11.6. The van der Waals surface area contributed by atoms with Gasteiger partial charge in [0.1, 0.15) is 5.52 Å². The van der Waals surface area contributed by atoms with Gasteiger partial charge in [-0.2, -0.15) is 4.98 Å². The van der Waals surface area contributed by atoms with Gasteiger partial charge < -0.3 is 29.7 Å². The third kappa shape index (κ3) is 5.72. The lowest BCUT2D eigenvalue weighted by Crippen LogP contribution is -2.35. The number of benzene rings is 3. The summed E-state index contributed by atoms with van der Waals surface area (Å²) >= 11 is 0. The van der Waals surface area contributed by atoms with Crippen LogP contribution in [0.3, 0.4) is 0 Å². The number of rotatable bonds is 7. The molecular formula is C30H36N4O4. The normalized spacial score (nSPS) is 13.2. The predicted octanol–water partition coefficient (Wildman–Crippen LogP) is 5.06. The van der Waals surface area contributed by atoms with Gasteiger partial charge >= 0.3 is 0 Å². The zero-order chi connectivity index (χ0) is 25.9. The summed E-state index contributed by atoms with van der Waals surface area (Å²) in [5, 5.41) is 3.24. The van der Waals surface area contributed by atoms with Crippen LogP contribution in [0.5, 0.6) is 0 Å². The van der Waals surface area contributed by atoms with E-state index < -0.39 is 0 Å². The van der Waals surface area contributed by atoms with Crippen LogP contribution in [0.25, 0.3) is 22.2 Å². The van der Waals surface area contributed by atoms with Gasteiger partial charge in [-0.15, -0.1) is 0 Å². The Balaban J connectivity index is 0.00000210. The fourth-order valence-electron chi connectivity index (χ4n) is 4.60. The average Bonchev–Trinajstić information content (AvgIpc) is 3.32. The van der Waals surface area contributed by atoms with Crippen LogP contribution in [0.4, 0.5) is 11.7 Å². The van der Waals surface area contributed by atoms with Crippen molar-refractivity contribution in [2.75, 3.05) is 45.7 Å². The molecule has 4 aromatic rings. The van der Waals surface area contributed by atoms with Crippen molar-refractivity contribution in [1.29, 1.82) is 0 Å². The lowest BCUT2D eigenvalue weighted by atomic mass is 10.0. The van der Waals surface area contributed by atoms with Crippen LogP contribution in [-0.4, -0.2) is 66.6 Å². The number of aryl methyl sites for hydroxylation is 1. The molecule has 0 atom stereocenters. The number of oxazole rings is 1. The van der Waals surface area contributed by atoms with Crippen LogP contribution in [0.1, 0.15) is 22.9 Å². The number of carbonyl (C=O) groups excluding carboxylic acids is 1. The summed E-state index contributed by atoms with van der Waals surface area (Å²) in [4.78, 5) is 20.8. The van der Waals surface area contributed by atoms with Gasteiger partial charge in [0.15, 0.2) is 5.58 Å². The Morgan fingerprint density at radius 2 is 1.84 bits per heavy atom. The maximum atomic E-state index is 12.3. The molecule has 8 heteroatoms. The summed E-state index contributed by atoms with van der Waals surface area (Å²) in [6.07, 6.45) is 0.819. The first-order valence-corrected chi connectivity index (χ1v) is 12.5. The van der Waals surface area contributed by atoms with Crippen molar-refractivity contribution in [1.82, 2.24) is 14.8 Å². The molecule has 0 bridgehead atoms. The van der Waals surface area contributed by atoms with Gasteiger partial charge in [0, 0.05) is 57.5 Å². The van der Waals surface area contributed by atoms with E-state index in [4.69, 9.17) is 9.15 Å². The number of carbonyl (C=O) groups is 1. The smallest absolute Gasteiger partial charge is 0.300 e. The SMILES string of the molecule is C=C(Cc1ccc(-c2cccc3nc(Nc4ccc(C(=O)N(C)C)c(C)c4)oc23)cc1)N1CCOCC1.O.[HH]. The fourth-order valence-corrected chi connectivity index (χ4v) is 4.60. The first kappa shape index (κ1) is 26.9. The predicted molar refractivity (Wildman–Crippen MR) is 153 cm³/mol. The monoisotopic (exact) mass is 516 g/mol. The lowest BCUT2D eigenvalue weighted by Gasteiger charge is -2.30. The number of amides is 1. The van der Waals surface area contributed by atoms with Crippen molar-refractivity contribution < 1.29 is 20.9 Å². The third-order valence-corrected chi connectivity index (χ3v) is 6.66. The number of hydrogen-bond acceptors (Lipinski definition) is 6. The molecule has 2 heterocycles. The molecule has 1 aliphatic rings. The minimum Gasteiger partial charge on any atom is -0.423 e. The zero-order valence-electron chi connectivity index (χ0n) is 22.1. The Kier molecular flexibility index (Phi) is 8.14. The minimum atomic E-state index is -0.0213. The van der Waals surface area contributed by atoms with Gasteiger partial charge in [0.25, 0.3) is 11.9 Å². The largest absolute Gasteiger partial charge is 0.423 e. The van der Waals surface area contributed by atoms with Crippen molar-refractivity contribution in [3.05, 3.63) is 89.6 Å². The minimum absolute atomic E-state index is 0. The molecule has 0 saturated carbocycles. The average molecular weight is 517 g/mol. The second kappa shape index (κ2) is 11.5. The quantitative estimate of drug-likeness (QED) is 0.368. The van der Waals surface area contributed by atoms with Crippen LogP contribution in [0, 0.1) is 6.92 Å². The molecule has 5 rings (SSSR count). The molecule has 3 N–H and O–H groups in total. The van der Waals surface area contributed by atoms with Gasteiger partial charge in [0.05, 0.1) is 13.2 Å². The highest BCUT2D eigenvalue weighted by atomic mass is 16.5. The summed E-state index contributed by atoms with van der Waals surface area (Å²) in [5.74, 6) is -0.0213. The second-order valence-electron chi connectivity index (χ2n) is 9.57. The van der Waals surface area contributed by atoms with Crippen LogP contribution in [0.2, 0.25) is 0 Å². The first-order valence-electron chi connectivity index (χ1n) is 12.5. The molecule has 0 spiro atoms. The molecule has 1 aromatic heterocycles. The number of nitrogens with one attached hydrogen (secondary N) is 1. The maximum absolute atomic E-state index is 12.3. The Hall–Kier alpha value is -4.14. The van der Waals surface area contributed by atoms with Crippen LogP contribution in [0.15, 0.2) is 77.4 Å². The Morgan fingerprint density at radius 1 is 1.11 bits per heavy atom.